The van der Waals surface area contributed by atoms with Crippen molar-refractivity contribution in [3.05, 3.63) is 10.1 Å². The van der Waals surface area contributed by atoms with Gasteiger partial charge in [0.25, 0.3) is 5.09 Å². The Labute approximate surface area is 78.8 Å². The summed E-state index contributed by atoms with van der Waals surface area (Å²) in [6, 6.07) is 0. The fourth-order valence-corrected chi connectivity index (χ4v) is 0.595. The molecule has 0 fully saturated rings. The summed E-state index contributed by atoms with van der Waals surface area (Å²) in [7, 11) is 0. The summed E-state index contributed by atoms with van der Waals surface area (Å²) in [6.07, 6.45) is 4.91. The van der Waals surface area contributed by atoms with E-state index in [9.17, 15) is 0 Å². The van der Waals surface area contributed by atoms with Crippen molar-refractivity contribution >= 4 is 0 Å². The first kappa shape index (κ1) is 14.7. The zero-order valence-corrected chi connectivity index (χ0v) is 8.36. The van der Waals surface area contributed by atoms with Gasteiger partial charge in [0.05, 0.1) is 0 Å². The summed E-state index contributed by atoms with van der Waals surface area (Å²) in [5.41, 5.74) is 0. The third-order valence-corrected chi connectivity index (χ3v) is 1.28. The highest BCUT2D eigenvalue weighted by molar-refractivity contribution is 4.33. The van der Waals surface area contributed by atoms with Crippen molar-refractivity contribution in [3.8, 4) is 0 Å². The Bertz CT molecular complexity index is 98.3. The van der Waals surface area contributed by atoms with Crippen molar-refractivity contribution in [1.82, 2.24) is 0 Å². The molecule has 0 atom stereocenters. The molecule has 0 amide bonds. The Balaban J connectivity index is 0. The van der Waals surface area contributed by atoms with Crippen LogP contribution in [0.3, 0.4) is 0 Å². The van der Waals surface area contributed by atoms with E-state index in [1.165, 1.54) is 25.7 Å². The molecule has 0 saturated carbocycles. The molecule has 0 aliphatic heterocycles. The van der Waals surface area contributed by atoms with Crippen molar-refractivity contribution in [2.24, 2.45) is 0 Å². The molecule has 0 heterocycles. The number of ether oxygens (including phenoxy) is 1. The average Bonchev–Trinajstić information content (AvgIpc) is 2.03. The molecule has 0 radical (unpaired) electrons. The Hall–Kier alpha value is -0.840. The van der Waals surface area contributed by atoms with E-state index >= 15 is 0 Å². The van der Waals surface area contributed by atoms with Gasteiger partial charge in [0.15, 0.2) is 0 Å². The van der Waals surface area contributed by atoms with Gasteiger partial charge in [-0.2, -0.15) is 0 Å². The first-order chi connectivity index (χ1) is 6.15. The molecule has 5 nitrogen and oxygen atoms in total. The van der Waals surface area contributed by atoms with Gasteiger partial charge in [-0.25, -0.2) is 0 Å². The van der Waals surface area contributed by atoms with Gasteiger partial charge in [0.1, 0.15) is 0 Å². The summed E-state index contributed by atoms with van der Waals surface area (Å²) in [5, 5.41) is 13.6. The maximum absolute atomic E-state index is 8.36. The summed E-state index contributed by atoms with van der Waals surface area (Å²) >= 11 is 0. The van der Waals surface area contributed by atoms with E-state index in [4.69, 9.17) is 20.1 Å². The van der Waals surface area contributed by atoms with Gasteiger partial charge in [-0.15, -0.1) is 10.1 Å². The van der Waals surface area contributed by atoms with Crippen LogP contribution >= 0.6 is 0 Å². The minimum atomic E-state index is -1.50. The Morgan fingerprint density at radius 2 is 1.54 bits per heavy atom. The number of rotatable bonds is 6. The molecule has 0 aromatic rings. The van der Waals surface area contributed by atoms with E-state index in [0.717, 1.165) is 13.2 Å². The highest BCUT2D eigenvalue weighted by Gasteiger charge is 1.84. The summed E-state index contributed by atoms with van der Waals surface area (Å²) < 4.78 is 5.31. The molecule has 80 valence electrons. The van der Waals surface area contributed by atoms with Crippen LogP contribution in [0.5, 0.6) is 0 Å². The molecule has 13 heavy (non-hydrogen) atoms. The SMILES string of the molecule is CCCCOCCCC.O=[N+]([O-])O. The fraction of sp³-hybridized carbons (Fsp3) is 1.00. The molecule has 0 unspecified atom stereocenters. The number of hydrogen-bond acceptors (Lipinski definition) is 3. The first-order valence-electron chi connectivity index (χ1n) is 4.56. The van der Waals surface area contributed by atoms with Crippen LogP contribution in [0, 0.1) is 10.1 Å². The topological polar surface area (TPSA) is 72.6 Å². The van der Waals surface area contributed by atoms with E-state index in [2.05, 4.69) is 13.8 Å². The van der Waals surface area contributed by atoms with E-state index < -0.39 is 5.09 Å². The zero-order valence-electron chi connectivity index (χ0n) is 8.36. The van der Waals surface area contributed by atoms with Crippen LogP contribution in [0.1, 0.15) is 39.5 Å². The summed E-state index contributed by atoms with van der Waals surface area (Å²) in [6.45, 7) is 6.28. The summed E-state index contributed by atoms with van der Waals surface area (Å²) in [4.78, 5) is 8.36. The molecular formula is C8H19NO4. The maximum Gasteiger partial charge on any atom is 0.291 e. The van der Waals surface area contributed by atoms with Crippen molar-refractivity contribution in [1.29, 1.82) is 0 Å². The molecule has 0 spiro atoms. The van der Waals surface area contributed by atoms with Gasteiger partial charge >= 0.3 is 0 Å². The highest BCUT2D eigenvalue weighted by Crippen LogP contribution is 1.91. The van der Waals surface area contributed by atoms with Crippen LogP contribution in [-0.4, -0.2) is 23.5 Å². The predicted molar refractivity (Wildman–Crippen MR) is 49.4 cm³/mol. The van der Waals surface area contributed by atoms with Crippen LogP contribution in [0.2, 0.25) is 0 Å². The molecule has 0 aliphatic carbocycles. The number of unbranched alkanes of at least 4 members (excludes halogenated alkanes) is 2. The lowest BCUT2D eigenvalue weighted by atomic mass is 10.3. The Morgan fingerprint density at radius 3 is 1.77 bits per heavy atom. The van der Waals surface area contributed by atoms with E-state index in [1.54, 1.807) is 0 Å². The lowest BCUT2D eigenvalue weighted by molar-refractivity contribution is -0.742. The number of nitrogens with zero attached hydrogens (tertiary/aromatic N) is 1. The second-order valence-electron chi connectivity index (χ2n) is 2.56. The molecule has 1 N–H and O–H groups in total. The van der Waals surface area contributed by atoms with Gasteiger partial charge in [-0.3, -0.25) is 0 Å². The standard InChI is InChI=1S/C8H18O.HNO3/c1-3-5-7-9-8-6-4-2;2-1(3)4/h3-8H2,1-2H3;(H,2,3,4). The predicted octanol–water partition coefficient (Wildman–Crippen LogP) is 2.26. The molecule has 5 heteroatoms. The fourth-order valence-electron chi connectivity index (χ4n) is 0.595. The molecular weight excluding hydrogens is 174 g/mol. The molecule has 0 rings (SSSR count). The first-order valence-corrected chi connectivity index (χ1v) is 4.56. The minimum Gasteiger partial charge on any atom is -0.381 e. The van der Waals surface area contributed by atoms with Crippen LogP contribution in [0.4, 0.5) is 0 Å². The second kappa shape index (κ2) is 13.7. The van der Waals surface area contributed by atoms with Gasteiger partial charge in [0, 0.05) is 13.2 Å². The molecule has 0 aliphatic rings. The quantitative estimate of drug-likeness (QED) is 0.399. The normalized spacial score (nSPS) is 8.77. The van der Waals surface area contributed by atoms with Gasteiger partial charge in [0.2, 0.25) is 0 Å². The Morgan fingerprint density at radius 1 is 1.23 bits per heavy atom. The van der Waals surface area contributed by atoms with Crippen molar-refractivity contribution in [2.75, 3.05) is 13.2 Å². The highest BCUT2D eigenvalue weighted by atomic mass is 16.9. The maximum atomic E-state index is 8.36. The Kier molecular flexibility index (Phi) is 15.5. The van der Waals surface area contributed by atoms with Crippen LogP contribution in [0.15, 0.2) is 0 Å². The van der Waals surface area contributed by atoms with E-state index in [0.29, 0.717) is 0 Å². The van der Waals surface area contributed by atoms with E-state index in [1.807, 2.05) is 0 Å². The van der Waals surface area contributed by atoms with Gasteiger partial charge in [-0.1, -0.05) is 26.7 Å². The molecule has 0 bridgehead atoms. The third-order valence-electron chi connectivity index (χ3n) is 1.28. The smallest absolute Gasteiger partial charge is 0.291 e. The van der Waals surface area contributed by atoms with Crippen molar-refractivity contribution < 1.29 is 15.0 Å². The van der Waals surface area contributed by atoms with Crippen LogP contribution < -0.4 is 0 Å². The minimum absolute atomic E-state index is 0.955. The average molecular weight is 193 g/mol. The molecule has 0 aromatic carbocycles. The van der Waals surface area contributed by atoms with Gasteiger partial charge < -0.3 is 9.94 Å². The van der Waals surface area contributed by atoms with Crippen LogP contribution in [0.25, 0.3) is 0 Å². The van der Waals surface area contributed by atoms with E-state index in [-0.39, 0.29) is 0 Å². The van der Waals surface area contributed by atoms with Crippen molar-refractivity contribution in [2.45, 2.75) is 39.5 Å². The summed E-state index contributed by atoms with van der Waals surface area (Å²) in [5.74, 6) is 0. The lowest BCUT2D eigenvalue weighted by Gasteiger charge is -1.99. The van der Waals surface area contributed by atoms with Crippen LogP contribution in [-0.2, 0) is 4.74 Å². The monoisotopic (exact) mass is 193 g/mol. The molecule has 0 aromatic heterocycles. The zero-order chi connectivity index (χ0) is 10.5. The molecule has 0 saturated heterocycles. The third kappa shape index (κ3) is 35.2. The largest absolute Gasteiger partial charge is 0.381 e. The van der Waals surface area contributed by atoms with Gasteiger partial charge in [-0.05, 0) is 12.8 Å². The number of hydrogen-bond donors (Lipinski definition) is 1. The van der Waals surface area contributed by atoms with Crippen molar-refractivity contribution in [3.63, 3.8) is 0 Å². The lowest BCUT2D eigenvalue weighted by Crippen LogP contribution is -1.95. The second-order valence-corrected chi connectivity index (χ2v) is 2.56.